The normalized spacial score (nSPS) is 13.3. The lowest BCUT2D eigenvalue weighted by atomic mass is 10.2. The number of nitrogens with one attached hydrogen (secondary N) is 1. The van der Waals surface area contributed by atoms with Crippen LogP contribution < -0.4 is 10.5 Å². The molecule has 0 aliphatic rings. The number of sulfonamides is 1. The van der Waals surface area contributed by atoms with Crippen LogP contribution in [-0.4, -0.2) is 8.42 Å². The molecule has 3 N–H and O–H groups in total. The molecule has 0 amide bonds. The third kappa shape index (κ3) is 3.20. The van der Waals surface area contributed by atoms with Crippen molar-refractivity contribution in [3.05, 3.63) is 44.8 Å². The molecule has 1 aromatic heterocycles. The summed E-state index contributed by atoms with van der Waals surface area (Å²) < 4.78 is 40.5. The van der Waals surface area contributed by atoms with E-state index in [0.29, 0.717) is 0 Å². The van der Waals surface area contributed by atoms with E-state index in [1.807, 2.05) is 16.8 Å². The summed E-state index contributed by atoms with van der Waals surface area (Å²) in [4.78, 5) is -0.0847. The Morgan fingerprint density at radius 1 is 1.45 bits per heavy atom. The molecule has 1 atom stereocenters. The molecule has 8 heteroatoms. The predicted octanol–water partition coefficient (Wildman–Crippen LogP) is 3.27. The summed E-state index contributed by atoms with van der Waals surface area (Å²) in [5.74, 6) is -0.665. The summed E-state index contributed by atoms with van der Waals surface area (Å²) in [6.07, 6.45) is 0. The minimum Gasteiger partial charge on any atom is -0.396 e. The molecule has 0 aliphatic heterocycles. The fraction of sp³-hybridized carbons (Fsp3) is 0.167. The zero-order valence-corrected chi connectivity index (χ0v) is 13.6. The second-order valence-electron chi connectivity index (χ2n) is 4.20. The fourth-order valence-corrected chi connectivity index (χ4v) is 4.67. The van der Waals surface area contributed by atoms with E-state index in [1.54, 1.807) is 6.92 Å². The molecule has 4 nitrogen and oxygen atoms in total. The third-order valence-corrected chi connectivity index (χ3v) is 5.92. The predicted molar refractivity (Wildman–Crippen MR) is 81.6 cm³/mol. The van der Waals surface area contributed by atoms with Crippen molar-refractivity contribution >= 4 is 43.0 Å². The molecule has 0 bridgehead atoms. The van der Waals surface area contributed by atoms with Crippen LogP contribution in [0.3, 0.4) is 0 Å². The number of anilines is 1. The number of thiophene rings is 1. The maximum atomic E-state index is 13.3. The summed E-state index contributed by atoms with van der Waals surface area (Å²) in [6, 6.07) is 3.59. The molecule has 0 fully saturated rings. The second-order valence-corrected chi connectivity index (χ2v) is 7.52. The van der Waals surface area contributed by atoms with Crippen LogP contribution in [0.5, 0.6) is 0 Å². The van der Waals surface area contributed by atoms with Gasteiger partial charge < -0.3 is 5.73 Å². The summed E-state index contributed by atoms with van der Waals surface area (Å²) in [7, 11) is -3.79. The van der Waals surface area contributed by atoms with Gasteiger partial charge in [-0.2, -0.15) is 11.3 Å². The molecule has 1 aromatic carbocycles. The third-order valence-electron chi connectivity index (χ3n) is 2.72. The number of hydrogen-bond acceptors (Lipinski definition) is 4. The lowest BCUT2D eigenvalue weighted by molar-refractivity contribution is 0.566. The van der Waals surface area contributed by atoms with Gasteiger partial charge in [0.25, 0.3) is 0 Å². The summed E-state index contributed by atoms with van der Waals surface area (Å²) in [5.41, 5.74) is 6.08. The molecule has 1 heterocycles. The zero-order valence-electron chi connectivity index (χ0n) is 10.4. The summed E-state index contributed by atoms with van der Waals surface area (Å²) in [6.45, 7) is 1.74. The number of benzene rings is 1. The molecule has 2 aromatic rings. The Hall–Kier alpha value is -0.960. The quantitative estimate of drug-likeness (QED) is 0.801. The van der Waals surface area contributed by atoms with Crippen LogP contribution in [-0.2, 0) is 10.0 Å². The number of nitrogens with two attached hydrogens (primary N) is 1. The van der Waals surface area contributed by atoms with Crippen molar-refractivity contribution in [3.8, 4) is 0 Å². The molecular formula is C12H12BrFN2O2S2. The van der Waals surface area contributed by atoms with E-state index in [4.69, 9.17) is 5.73 Å². The molecule has 108 valence electrons. The van der Waals surface area contributed by atoms with Gasteiger partial charge in [0.2, 0.25) is 10.0 Å². The topological polar surface area (TPSA) is 72.2 Å². The van der Waals surface area contributed by atoms with Gasteiger partial charge in [0.1, 0.15) is 5.82 Å². The number of rotatable bonds is 4. The van der Waals surface area contributed by atoms with Gasteiger partial charge in [-0.1, -0.05) is 0 Å². The lowest BCUT2D eigenvalue weighted by Gasteiger charge is -2.14. The van der Waals surface area contributed by atoms with Crippen molar-refractivity contribution in [2.24, 2.45) is 0 Å². The zero-order chi connectivity index (χ0) is 14.9. The Labute approximate surface area is 129 Å². The highest BCUT2D eigenvalue weighted by Crippen LogP contribution is 2.28. The number of hydrogen-bond donors (Lipinski definition) is 2. The average molecular weight is 379 g/mol. The van der Waals surface area contributed by atoms with Gasteiger partial charge in [-0.25, -0.2) is 17.5 Å². The Kier molecular flexibility index (Phi) is 4.48. The Morgan fingerprint density at radius 3 is 2.75 bits per heavy atom. The first-order valence-electron chi connectivity index (χ1n) is 5.60. The van der Waals surface area contributed by atoms with E-state index < -0.39 is 15.8 Å². The molecule has 0 saturated heterocycles. The van der Waals surface area contributed by atoms with Crippen LogP contribution in [0.4, 0.5) is 10.1 Å². The van der Waals surface area contributed by atoms with Crippen LogP contribution in [0.15, 0.2) is 38.3 Å². The van der Waals surface area contributed by atoms with Gasteiger partial charge in [0.05, 0.1) is 10.6 Å². The van der Waals surface area contributed by atoms with E-state index >= 15 is 0 Å². The van der Waals surface area contributed by atoms with Gasteiger partial charge >= 0.3 is 0 Å². The summed E-state index contributed by atoms with van der Waals surface area (Å²) in [5, 5.41) is 3.73. The summed E-state index contributed by atoms with van der Waals surface area (Å²) >= 11 is 4.53. The monoisotopic (exact) mass is 378 g/mol. The maximum Gasteiger partial charge on any atom is 0.242 e. The van der Waals surface area contributed by atoms with E-state index in [9.17, 15) is 12.8 Å². The smallest absolute Gasteiger partial charge is 0.242 e. The highest BCUT2D eigenvalue weighted by molar-refractivity contribution is 9.10. The van der Waals surface area contributed by atoms with Gasteiger partial charge in [0, 0.05) is 10.5 Å². The van der Waals surface area contributed by atoms with Crippen LogP contribution in [0.25, 0.3) is 0 Å². The van der Waals surface area contributed by atoms with Crippen LogP contribution in [0.1, 0.15) is 18.5 Å². The Bertz CT molecular complexity index is 717. The molecule has 2 rings (SSSR count). The van der Waals surface area contributed by atoms with Gasteiger partial charge in [-0.3, -0.25) is 0 Å². The molecule has 0 aliphatic carbocycles. The first-order chi connectivity index (χ1) is 9.31. The van der Waals surface area contributed by atoms with Crippen molar-refractivity contribution in [3.63, 3.8) is 0 Å². The van der Waals surface area contributed by atoms with Crippen molar-refractivity contribution in [2.75, 3.05) is 5.73 Å². The van der Waals surface area contributed by atoms with E-state index in [0.717, 1.165) is 17.7 Å². The minimum absolute atomic E-state index is 0.0847. The van der Waals surface area contributed by atoms with Crippen molar-refractivity contribution in [1.82, 2.24) is 4.72 Å². The second kappa shape index (κ2) is 5.80. The lowest BCUT2D eigenvalue weighted by Crippen LogP contribution is -2.27. The Balaban J connectivity index is 2.34. The van der Waals surface area contributed by atoms with E-state index in [1.165, 1.54) is 11.3 Å². The van der Waals surface area contributed by atoms with Crippen molar-refractivity contribution in [1.29, 1.82) is 0 Å². The molecule has 0 saturated carbocycles. The van der Waals surface area contributed by atoms with Crippen LogP contribution in [0, 0.1) is 5.82 Å². The average Bonchev–Trinajstić information content (AvgIpc) is 2.86. The molecular weight excluding hydrogens is 367 g/mol. The number of nitrogen functional groups attached to an aromatic ring is 1. The van der Waals surface area contributed by atoms with Gasteiger partial charge in [-0.05, 0) is 57.4 Å². The molecule has 20 heavy (non-hydrogen) atoms. The minimum atomic E-state index is -3.79. The van der Waals surface area contributed by atoms with Gasteiger partial charge in [-0.15, -0.1) is 0 Å². The molecule has 0 radical (unpaired) electrons. The van der Waals surface area contributed by atoms with Crippen molar-refractivity contribution < 1.29 is 12.8 Å². The fourth-order valence-electron chi connectivity index (χ4n) is 1.64. The molecule has 0 spiro atoms. The van der Waals surface area contributed by atoms with Crippen LogP contribution in [0.2, 0.25) is 0 Å². The molecule has 1 unspecified atom stereocenters. The number of halogens is 2. The highest BCUT2D eigenvalue weighted by atomic mass is 79.9. The highest BCUT2D eigenvalue weighted by Gasteiger charge is 2.22. The van der Waals surface area contributed by atoms with E-state index in [-0.39, 0.29) is 21.1 Å². The maximum absolute atomic E-state index is 13.3. The largest absolute Gasteiger partial charge is 0.396 e. The first-order valence-corrected chi connectivity index (χ1v) is 8.82. The van der Waals surface area contributed by atoms with Crippen LogP contribution >= 0.6 is 27.3 Å². The van der Waals surface area contributed by atoms with Crippen molar-refractivity contribution in [2.45, 2.75) is 17.9 Å². The SMILES string of the molecule is CC(NS(=O)(=O)c1cc(N)c(F)cc1Br)c1ccsc1. The van der Waals surface area contributed by atoms with E-state index in [2.05, 4.69) is 20.7 Å². The first kappa shape index (κ1) is 15.4. The van der Waals surface area contributed by atoms with Gasteiger partial charge in [0.15, 0.2) is 0 Å². The standard InChI is InChI=1S/C12H12BrFN2O2S2/c1-7(8-2-3-19-6-8)16-20(17,18)12-5-11(15)10(14)4-9(12)13/h2-7,16H,15H2,1H3. The Morgan fingerprint density at radius 2 is 2.15 bits per heavy atom.